The molecule has 1 N–H and O–H groups in total. The smallest absolute Gasteiger partial charge is 0.105 e. The summed E-state index contributed by atoms with van der Waals surface area (Å²) in [4.78, 5) is 0. The number of hydrogen-bond acceptors (Lipinski definition) is 4. The van der Waals surface area contributed by atoms with Crippen molar-refractivity contribution in [2.45, 2.75) is 0 Å². The van der Waals surface area contributed by atoms with Gasteiger partial charge in [-0.15, -0.1) is 0 Å². The largest absolute Gasteiger partial charge is 0.748 e. The van der Waals surface area contributed by atoms with Crippen molar-refractivity contribution in [3.63, 3.8) is 0 Å². The highest BCUT2D eigenvalue weighted by Crippen LogP contribution is 1.64. The molecule has 38 valence electrons. The predicted molar refractivity (Wildman–Crippen MR) is 19.1 cm³/mol. The Morgan fingerprint density at radius 3 is 2.50 bits per heavy atom. The zero-order chi connectivity index (χ0) is 4.99. The molecule has 0 heterocycles. The van der Waals surface area contributed by atoms with Gasteiger partial charge in [0.2, 0.25) is 0 Å². The van der Waals surface area contributed by atoms with E-state index in [9.17, 15) is 8.76 Å². The fourth-order valence-corrected chi connectivity index (χ4v) is 0.204. The first kappa shape index (κ1) is 6.03. The molecular weight excluding hydrogens is 106 g/mol. The fraction of sp³-hybridized carbons (Fsp3) is 1.00. The lowest BCUT2D eigenvalue weighted by molar-refractivity contribution is 0.220. The highest BCUT2D eigenvalue weighted by Gasteiger charge is 1.68. The summed E-state index contributed by atoms with van der Waals surface area (Å²) < 4.78 is 22.3. The van der Waals surface area contributed by atoms with E-state index in [0.717, 1.165) is 0 Å². The van der Waals surface area contributed by atoms with Gasteiger partial charge in [-0.3, -0.25) is 0 Å². The maximum Gasteiger partial charge on any atom is 0.105 e. The summed E-state index contributed by atoms with van der Waals surface area (Å²) >= 11 is -2.43. The number of nitrogens with one attached hydrogen (secondary N) is 1. The van der Waals surface area contributed by atoms with Crippen molar-refractivity contribution in [1.82, 2.24) is 5.48 Å². The second-order valence-electron chi connectivity index (χ2n) is 0.492. The van der Waals surface area contributed by atoms with E-state index in [1.807, 2.05) is 5.48 Å². The van der Waals surface area contributed by atoms with Crippen LogP contribution in [0.4, 0.5) is 0 Å². The lowest BCUT2D eigenvalue weighted by Crippen LogP contribution is -2.08. The molecule has 0 aromatic carbocycles. The highest BCUT2D eigenvalue weighted by molar-refractivity contribution is 7.74. The standard InChI is InChI=1S/CH5NO3S/c1-2-5-6(3)4/h2H,1H3,(H,3,4)/p-1. The van der Waals surface area contributed by atoms with Crippen LogP contribution in [0, 0.1) is 0 Å². The van der Waals surface area contributed by atoms with Gasteiger partial charge in [-0.25, -0.2) is 8.49 Å². The van der Waals surface area contributed by atoms with Gasteiger partial charge in [-0.05, 0) is 0 Å². The Morgan fingerprint density at radius 2 is 2.50 bits per heavy atom. The second-order valence-corrected chi connectivity index (χ2v) is 1.07. The minimum absolute atomic E-state index is 1.36. The normalized spacial score (nSPS) is 14.3. The molecule has 0 amide bonds. The molecule has 5 heteroatoms. The van der Waals surface area contributed by atoms with Gasteiger partial charge in [0.25, 0.3) is 0 Å². The molecular formula is CH4NO3S-. The van der Waals surface area contributed by atoms with Gasteiger partial charge >= 0.3 is 0 Å². The van der Waals surface area contributed by atoms with E-state index in [-0.39, 0.29) is 0 Å². The molecule has 0 aromatic heterocycles. The van der Waals surface area contributed by atoms with Crippen molar-refractivity contribution in [3.8, 4) is 0 Å². The zero-order valence-corrected chi connectivity index (χ0v) is 3.95. The van der Waals surface area contributed by atoms with Crippen LogP contribution in [0.2, 0.25) is 0 Å². The molecule has 6 heavy (non-hydrogen) atoms. The summed E-state index contributed by atoms with van der Waals surface area (Å²) in [7, 11) is 1.36. The van der Waals surface area contributed by atoms with Crippen LogP contribution in [0.25, 0.3) is 0 Å². The average Bonchev–Trinajstić information content (AvgIpc) is 1.35. The fourth-order valence-electron chi connectivity index (χ4n) is 0.0680. The molecule has 1 unspecified atom stereocenters. The van der Waals surface area contributed by atoms with Crippen LogP contribution in [0.3, 0.4) is 0 Å². The predicted octanol–water partition coefficient (Wildman–Crippen LogP) is -1.07. The second kappa shape index (κ2) is 3.23. The maximum atomic E-state index is 9.31. The van der Waals surface area contributed by atoms with Crippen LogP contribution in [0.15, 0.2) is 0 Å². The van der Waals surface area contributed by atoms with E-state index >= 15 is 0 Å². The van der Waals surface area contributed by atoms with Gasteiger partial charge in [0.05, 0.1) is 0 Å². The molecule has 1 atom stereocenters. The van der Waals surface area contributed by atoms with Crippen LogP contribution in [-0.2, 0) is 15.6 Å². The summed E-state index contributed by atoms with van der Waals surface area (Å²) in [5.74, 6) is 0. The maximum absolute atomic E-state index is 9.31. The van der Waals surface area contributed by atoms with Crippen LogP contribution < -0.4 is 5.48 Å². The first-order valence-corrected chi connectivity index (χ1v) is 2.20. The number of rotatable bonds is 2. The van der Waals surface area contributed by atoms with Crippen LogP contribution in [0.1, 0.15) is 0 Å². The molecule has 0 radical (unpaired) electrons. The molecule has 0 aliphatic carbocycles. The van der Waals surface area contributed by atoms with Gasteiger partial charge in [-0.1, -0.05) is 0 Å². The van der Waals surface area contributed by atoms with Crippen molar-refractivity contribution in [3.05, 3.63) is 0 Å². The summed E-state index contributed by atoms with van der Waals surface area (Å²) in [5.41, 5.74) is 1.95. The van der Waals surface area contributed by atoms with Crippen LogP contribution in [-0.4, -0.2) is 15.8 Å². The quantitative estimate of drug-likeness (QED) is 0.363. The van der Waals surface area contributed by atoms with Crippen LogP contribution >= 0.6 is 0 Å². The van der Waals surface area contributed by atoms with Gasteiger partial charge in [0.15, 0.2) is 0 Å². The molecule has 4 nitrogen and oxygen atoms in total. The van der Waals surface area contributed by atoms with E-state index in [4.69, 9.17) is 0 Å². The van der Waals surface area contributed by atoms with Gasteiger partial charge in [0, 0.05) is 7.05 Å². The lowest BCUT2D eigenvalue weighted by Gasteiger charge is -1.99. The van der Waals surface area contributed by atoms with Crippen molar-refractivity contribution in [2.24, 2.45) is 0 Å². The Bertz CT molecular complexity index is 54.8. The Morgan fingerprint density at radius 1 is 2.00 bits per heavy atom. The highest BCUT2D eigenvalue weighted by atomic mass is 32.2. The molecule has 0 rings (SSSR count). The van der Waals surface area contributed by atoms with E-state index in [1.165, 1.54) is 7.05 Å². The molecule has 0 saturated heterocycles. The van der Waals surface area contributed by atoms with E-state index in [1.54, 1.807) is 0 Å². The molecule has 0 saturated carbocycles. The molecule has 0 fully saturated rings. The molecule has 0 spiro atoms. The third kappa shape index (κ3) is 4.03. The van der Waals surface area contributed by atoms with Crippen molar-refractivity contribution in [2.75, 3.05) is 7.05 Å². The first-order chi connectivity index (χ1) is 2.77. The van der Waals surface area contributed by atoms with Crippen molar-refractivity contribution >= 4 is 11.4 Å². The van der Waals surface area contributed by atoms with E-state index in [2.05, 4.69) is 4.28 Å². The molecule has 0 bridgehead atoms. The summed E-state index contributed by atoms with van der Waals surface area (Å²) in [6.07, 6.45) is 0. The minimum atomic E-state index is -2.43. The van der Waals surface area contributed by atoms with Crippen molar-refractivity contribution in [1.29, 1.82) is 0 Å². The topological polar surface area (TPSA) is 61.4 Å². The molecule has 0 aliphatic rings. The first-order valence-electron chi connectivity index (χ1n) is 1.20. The third-order valence-electron chi connectivity index (χ3n) is 0.151. The Hall–Kier alpha value is 0.0300. The summed E-state index contributed by atoms with van der Waals surface area (Å²) in [6, 6.07) is 0. The monoisotopic (exact) mass is 110 g/mol. The minimum Gasteiger partial charge on any atom is -0.748 e. The van der Waals surface area contributed by atoms with Gasteiger partial charge in [0.1, 0.15) is 11.4 Å². The Balaban J connectivity index is 2.83. The van der Waals surface area contributed by atoms with Gasteiger partial charge < -0.3 is 4.55 Å². The van der Waals surface area contributed by atoms with Crippen molar-refractivity contribution < 1.29 is 13.0 Å². The SMILES string of the molecule is CNOS(=O)[O-]. The molecule has 0 aliphatic heterocycles. The summed E-state index contributed by atoms with van der Waals surface area (Å²) in [5, 5.41) is 0. The Kier molecular flexibility index (Phi) is 3.24. The van der Waals surface area contributed by atoms with E-state index in [0.29, 0.717) is 0 Å². The summed E-state index contributed by atoms with van der Waals surface area (Å²) in [6.45, 7) is 0. The Labute approximate surface area is 37.9 Å². The third-order valence-corrected chi connectivity index (χ3v) is 0.454. The average molecular weight is 110 g/mol. The van der Waals surface area contributed by atoms with Crippen LogP contribution in [0.5, 0.6) is 0 Å². The zero-order valence-electron chi connectivity index (χ0n) is 3.13. The molecule has 0 aromatic rings. The number of hydrogen-bond donors (Lipinski definition) is 1. The number of hydroxylamine groups is 1. The van der Waals surface area contributed by atoms with Gasteiger partial charge in [-0.2, -0.15) is 5.48 Å². The van der Waals surface area contributed by atoms with E-state index < -0.39 is 11.4 Å². The lowest BCUT2D eigenvalue weighted by atomic mass is 11.6.